The van der Waals surface area contributed by atoms with Gasteiger partial charge in [0.1, 0.15) is 0 Å². The first-order valence-electron chi connectivity index (χ1n) is 7.13. The maximum Gasteiger partial charge on any atom is 0.227 e. The maximum atomic E-state index is 12.3. The molecule has 0 spiro atoms. The number of nitrogens with zero attached hydrogens (tertiary/aromatic N) is 1. The molecule has 4 heteroatoms. The number of para-hydroxylation sites is 1. The van der Waals surface area contributed by atoms with E-state index < -0.39 is 0 Å². The van der Waals surface area contributed by atoms with Gasteiger partial charge in [0.15, 0.2) is 0 Å². The van der Waals surface area contributed by atoms with Gasteiger partial charge in [-0.05, 0) is 37.4 Å². The first-order chi connectivity index (χ1) is 9.78. The lowest BCUT2D eigenvalue weighted by Gasteiger charge is -2.17. The number of hydrogen-bond donors (Lipinski definition) is 2. The second-order valence-corrected chi connectivity index (χ2v) is 5.44. The van der Waals surface area contributed by atoms with Crippen molar-refractivity contribution in [2.75, 3.05) is 11.9 Å². The SMILES string of the molecule is NCC1CCCC1C(=O)Nc1cnc2ccccc2c1. The molecule has 0 radical (unpaired) electrons. The van der Waals surface area contributed by atoms with Crippen molar-refractivity contribution in [1.82, 2.24) is 4.98 Å². The number of nitrogens with two attached hydrogens (primary N) is 1. The maximum absolute atomic E-state index is 12.3. The van der Waals surface area contributed by atoms with E-state index in [4.69, 9.17) is 5.73 Å². The zero-order chi connectivity index (χ0) is 13.9. The monoisotopic (exact) mass is 269 g/mol. The normalized spacial score (nSPS) is 22.1. The van der Waals surface area contributed by atoms with Crippen molar-refractivity contribution in [1.29, 1.82) is 0 Å². The highest BCUT2D eigenvalue weighted by molar-refractivity contribution is 5.94. The van der Waals surface area contributed by atoms with Crippen LogP contribution in [0, 0.1) is 11.8 Å². The molecule has 2 unspecified atom stereocenters. The molecule has 3 N–H and O–H groups in total. The van der Waals surface area contributed by atoms with Crippen LogP contribution in [0.1, 0.15) is 19.3 Å². The van der Waals surface area contributed by atoms with Crippen molar-refractivity contribution in [2.45, 2.75) is 19.3 Å². The standard InChI is InChI=1S/C16H19N3O/c17-9-12-5-3-6-14(12)16(20)19-13-8-11-4-1-2-7-15(11)18-10-13/h1-2,4,7-8,10,12,14H,3,5-6,9,17H2,(H,19,20). The molecule has 0 bridgehead atoms. The van der Waals surface area contributed by atoms with Crippen LogP contribution in [-0.2, 0) is 4.79 Å². The van der Waals surface area contributed by atoms with Gasteiger partial charge >= 0.3 is 0 Å². The number of hydrogen-bond acceptors (Lipinski definition) is 3. The molecule has 3 rings (SSSR count). The number of benzene rings is 1. The Labute approximate surface area is 118 Å². The molecule has 20 heavy (non-hydrogen) atoms. The first kappa shape index (κ1) is 13.1. The Kier molecular flexibility index (Phi) is 3.65. The second-order valence-electron chi connectivity index (χ2n) is 5.44. The van der Waals surface area contributed by atoms with E-state index >= 15 is 0 Å². The number of pyridine rings is 1. The summed E-state index contributed by atoms with van der Waals surface area (Å²) in [5.41, 5.74) is 7.43. The van der Waals surface area contributed by atoms with Crippen LogP contribution in [0.3, 0.4) is 0 Å². The largest absolute Gasteiger partial charge is 0.330 e. The molecule has 1 aromatic carbocycles. The Morgan fingerprint density at radius 2 is 2.20 bits per heavy atom. The van der Waals surface area contributed by atoms with Gasteiger partial charge in [0.05, 0.1) is 17.4 Å². The molecular formula is C16H19N3O. The molecule has 2 atom stereocenters. The van der Waals surface area contributed by atoms with Crippen LogP contribution >= 0.6 is 0 Å². The van der Waals surface area contributed by atoms with Crippen LogP contribution in [-0.4, -0.2) is 17.4 Å². The predicted octanol–water partition coefficient (Wildman–Crippen LogP) is 2.55. The minimum Gasteiger partial charge on any atom is -0.330 e. The Morgan fingerprint density at radius 1 is 1.35 bits per heavy atom. The minimum atomic E-state index is 0.0477. The average Bonchev–Trinajstić information content (AvgIpc) is 2.95. The molecule has 1 amide bonds. The molecule has 1 aromatic heterocycles. The van der Waals surface area contributed by atoms with E-state index in [0.717, 1.165) is 35.9 Å². The lowest BCUT2D eigenvalue weighted by molar-refractivity contribution is -0.120. The number of nitrogens with one attached hydrogen (secondary N) is 1. The number of fused-ring (bicyclic) bond motifs is 1. The van der Waals surface area contributed by atoms with Crippen molar-refractivity contribution in [3.05, 3.63) is 36.5 Å². The van der Waals surface area contributed by atoms with Crippen LogP contribution in [0.2, 0.25) is 0 Å². The number of rotatable bonds is 3. The summed E-state index contributed by atoms with van der Waals surface area (Å²) in [7, 11) is 0. The van der Waals surface area contributed by atoms with Gasteiger partial charge in [-0.1, -0.05) is 24.6 Å². The summed E-state index contributed by atoms with van der Waals surface area (Å²) in [6.07, 6.45) is 4.81. The van der Waals surface area contributed by atoms with Gasteiger partial charge in [-0.15, -0.1) is 0 Å². The van der Waals surface area contributed by atoms with Crippen LogP contribution in [0.4, 0.5) is 5.69 Å². The van der Waals surface area contributed by atoms with E-state index in [1.165, 1.54) is 0 Å². The fourth-order valence-corrected chi connectivity index (χ4v) is 3.04. The summed E-state index contributed by atoms with van der Waals surface area (Å²) in [6.45, 7) is 0.591. The summed E-state index contributed by atoms with van der Waals surface area (Å²) in [4.78, 5) is 16.7. The third-order valence-corrected chi connectivity index (χ3v) is 4.16. The Hall–Kier alpha value is -1.94. The zero-order valence-corrected chi connectivity index (χ0v) is 11.4. The lowest BCUT2D eigenvalue weighted by atomic mass is 9.95. The van der Waals surface area contributed by atoms with E-state index in [-0.39, 0.29) is 11.8 Å². The van der Waals surface area contributed by atoms with Gasteiger partial charge in [0, 0.05) is 11.3 Å². The van der Waals surface area contributed by atoms with Gasteiger partial charge < -0.3 is 11.1 Å². The molecule has 1 saturated carbocycles. The molecule has 1 aliphatic rings. The molecular weight excluding hydrogens is 250 g/mol. The van der Waals surface area contributed by atoms with Crippen LogP contribution in [0.15, 0.2) is 36.5 Å². The average molecular weight is 269 g/mol. The Balaban J connectivity index is 1.77. The van der Waals surface area contributed by atoms with Crippen molar-refractivity contribution in [3.8, 4) is 0 Å². The molecule has 0 saturated heterocycles. The van der Waals surface area contributed by atoms with Gasteiger partial charge in [-0.2, -0.15) is 0 Å². The number of amides is 1. The van der Waals surface area contributed by atoms with Crippen LogP contribution in [0.5, 0.6) is 0 Å². The van der Waals surface area contributed by atoms with Gasteiger partial charge in [0.25, 0.3) is 0 Å². The van der Waals surface area contributed by atoms with E-state index in [2.05, 4.69) is 10.3 Å². The lowest BCUT2D eigenvalue weighted by Crippen LogP contribution is -2.29. The van der Waals surface area contributed by atoms with Gasteiger partial charge in [-0.3, -0.25) is 9.78 Å². The summed E-state index contributed by atoms with van der Waals surface area (Å²) in [6, 6.07) is 9.85. The molecule has 0 aliphatic heterocycles. The summed E-state index contributed by atoms with van der Waals surface area (Å²) >= 11 is 0. The van der Waals surface area contributed by atoms with Gasteiger partial charge in [-0.25, -0.2) is 0 Å². The topological polar surface area (TPSA) is 68.0 Å². The molecule has 1 aliphatic carbocycles. The third kappa shape index (κ3) is 2.51. The van der Waals surface area contributed by atoms with Crippen molar-refractivity contribution >= 4 is 22.5 Å². The zero-order valence-electron chi connectivity index (χ0n) is 11.4. The van der Waals surface area contributed by atoms with Crippen LogP contribution < -0.4 is 11.1 Å². The van der Waals surface area contributed by atoms with E-state index in [9.17, 15) is 4.79 Å². The predicted molar refractivity (Wildman–Crippen MR) is 80.3 cm³/mol. The fraction of sp³-hybridized carbons (Fsp3) is 0.375. The number of anilines is 1. The molecule has 2 aromatic rings. The highest BCUT2D eigenvalue weighted by Gasteiger charge is 2.31. The number of carbonyl (C=O) groups excluding carboxylic acids is 1. The summed E-state index contributed by atoms with van der Waals surface area (Å²) < 4.78 is 0. The van der Waals surface area contributed by atoms with Crippen LogP contribution in [0.25, 0.3) is 10.9 Å². The first-order valence-corrected chi connectivity index (χ1v) is 7.13. The smallest absolute Gasteiger partial charge is 0.227 e. The summed E-state index contributed by atoms with van der Waals surface area (Å²) in [5.74, 6) is 0.449. The van der Waals surface area contributed by atoms with E-state index in [1.54, 1.807) is 6.20 Å². The highest BCUT2D eigenvalue weighted by atomic mass is 16.1. The Bertz CT molecular complexity index is 626. The molecule has 4 nitrogen and oxygen atoms in total. The summed E-state index contributed by atoms with van der Waals surface area (Å²) in [5, 5.41) is 4.02. The molecule has 1 heterocycles. The van der Waals surface area contributed by atoms with Gasteiger partial charge in [0.2, 0.25) is 5.91 Å². The quantitative estimate of drug-likeness (QED) is 0.899. The van der Waals surface area contributed by atoms with Crippen molar-refractivity contribution < 1.29 is 4.79 Å². The minimum absolute atomic E-state index is 0.0477. The Morgan fingerprint density at radius 3 is 3.05 bits per heavy atom. The fourth-order valence-electron chi connectivity index (χ4n) is 3.04. The highest BCUT2D eigenvalue weighted by Crippen LogP contribution is 2.32. The van der Waals surface area contributed by atoms with Crippen molar-refractivity contribution in [2.24, 2.45) is 17.6 Å². The van der Waals surface area contributed by atoms with E-state index in [1.807, 2.05) is 30.3 Å². The number of carbonyl (C=O) groups is 1. The molecule has 104 valence electrons. The number of aromatic nitrogens is 1. The van der Waals surface area contributed by atoms with E-state index in [0.29, 0.717) is 12.5 Å². The molecule has 1 fully saturated rings. The second kappa shape index (κ2) is 5.59. The van der Waals surface area contributed by atoms with Crippen molar-refractivity contribution in [3.63, 3.8) is 0 Å². The third-order valence-electron chi connectivity index (χ3n) is 4.16.